The molecule has 0 saturated carbocycles. The van der Waals surface area contributed by atoms with E-state index in [1.54, 1.807) is 0 Å². The summed E-state index contributed by atoms with van der Waals surface area (Å²) in [6.07, 6.45) is -5.05. The van der Waals surface area contributed by atoms with Crippen molar-refractivity contribution in [2.45, 2.75) is 6.36 Å². The molecule has 0 aromatic heterocycles. The van der Waals surface area contributed by atoms with Gasteiger partial charge in [0.15, 0.2) is 11.6 Å². The molecule has 17 heavy (non-hydrogen) atoms. The second-order valence-electron chi connectivity index (χ2n) is 2.75. The third-order valence-electron chi connectivity index (χ3n) is 1.68. The minimum atomic E-state index is -5.48. The second kappa shape index (κ2) is 4.27. The maximum atomic E-state index is 13.0. The molecule has 0 aliphatic carbocycles. The molecule has 1 nitrogen and oxygen atoms in total. The summed E-state index contributed by atoms with van der Waals surface area (Å²) in [5.41, 5.74) is -1.21. The van der Waals surface area contributed by atoms with Crippen LogP contribution in [0.4, 0.5) is 30.7 Å². The molecular weight excluding hydrogens is 257 g/mol. The van der Waals surface area contributed by atoms with Gasteiger partial charge in [-0.15, -0.1) is 13.2 Å². The van der Waals surface area contributed by atoms with Crippen LogP contribution in [0.3, 0.4) is 0 Å². The molecule has 94 valence electrons. The number of benzene rings is 1. The summed E-state index contributed by atoms with van der Waals surface area (Å²) >= 11 is 0. The van der Waals surface area contributed by atoms with E-state index in [0.717, 1.165) is 0 Å². The largest absolute Gasteiger partial charge is 0.573 e. The zero-order valence-electron chi connectivity index (χ0n) is 7.84. The van der Waals surface area contributed by atoms with Crippen molar-refractivity contribution in [3.63, 3.8) is 0 Å². The van der Waals surface area contributed by atoms with Gasteiger partial charge in [-0.25, -0.2) is 8.78 Å². The summed E-state index contributed by atoms with van der Waals surface area (Å²) in [4.78, 5) is 0. The smallest absolute Gasteiger partial charge is 0.399 e. The van der Waals surface area contributed by atoms with E-state index in [2.05, 4.69) is 11.3 Å². The molecule has 0 aliphatic heterocycles. The van der Waals surface area contributed by atoms with Crippen LogP contribution in [-0.4, -0.2) is 6.36 Å². The van der Waals surface area contributed by atoms with E-state index in [4.69, 9.17) is 0 Å². The Bertz CT molecular complexity index is 434. The predicted molar refractivity (Wildman–Crippen MR) is 43.0 cm³/mol. The standard InChI is InChI=1S/C9H3F7O/c1-2-3-4(10)6(12)8(7(13)5(3)11)17-9(14,15)16/h2H,1H2. The molecule has 0 aliphatic rings. The van der Waals surface area contributed by atoms with Gasteiger partial charge in [-0.3, -0.25) is 0 Å². The van der Waals surface area contributed by atoms with Gasteiger partial charge < -0.3 is 4.74 Å². The minimum absolute atomic E-state index is 0.425. The Morgan fingerprint density at radius 1 is 0.882 bits per heavy atom. The fourth-order valence-corrected chi connectivity index (χ4v) is 1.01. The van der Waals surface area contributed by atoms with Crippen LogP contribution in [0.15, 0.2) is 6.58 Å². The maximum Gasteiger partial charge on any atom is 0.573 e. The number of rotatable bonds is 2. The highest BCUT2D eigenvalue weighted by molar-refractivity contribution is 5.51. The lowest BCUT2D eigenvalue weighted by Gasteiger charge is -2.12. The molecule has 0 spiro atoms. The molecule has 0 bridgehead atoms. The van der Waals surface area contributed by atoms with E-state index in [1.165, 1.54) is 0 Å². The van der Waals surface area contributed by atoms with Crippen LogP contribution in [0, 0.1) is 23.3 Å². The highest BCUT2D eigenvalue weighted by Crippen LogP contribution is 2.33. The van der Waals surface area contributed by atoms with E-state index in [1.807, 2.05) is 0 Å². The van der Waals surface area contributed by atoms with E-state index in [-0.39, 0.29) is 0 Å². The monoisotopic (exact) mass is 260 g/mol. The van der Waals surface area contributed by atoms with Crippen molar-refractivity contribution >= 4 is 6.08 Å². The first-order valence-electron chi connectivity index (χ1n) is 3.93. The molecule has 0 atom stereocenters. The Hall–Kier alpha value is -1.73. The number of ether oxygens (including phenoxy) is 1. The highest BCUT2D eigenvalue weighted by atomic mass is 19.4. The average Bonchev–Trinajstić information content (AvgIpc) is 2.21. The number of alkyl halides is 3. The lowest BCUT2D eigenvalue weighted by atomic mass is 10.1. The summed E-state index contributed by atoms with van der Waals surface area (Å²) in [6, 6.07) is 0. The van der Waals surface area contributed by atoms with Gasteiger partial charge in [0, 0.05) is 0 Å². The Labute approximate surface area is 90.1 Å². The molecule has 1 aromatic carbocycles. The van der Waals surface area contributed by atoms with Crippen LogP contribution < -0.4 is 4.74 Å². The van der Waals surface area contributed by atoms with Crippen molar-refractivity contribution in [3.8, 4) is 5.75 Å². The van der Waals surface area contributed by atoms with Crippen LogP contribution in [0.25, 0.3) is 6.08 Å². The average molecular weight is 260 g/mol. The SMILES string of the molecule is C=Cc1c(F)c(F)c(OC(F)(F)F)c(F)c1F. The topological polar surface area (TPSA) is 9.23 Å². The Morgan fingerprint density at radius 3 is 1.59 bits per heavy atom. The van der Waals surface area contributed by atoms with Gasteiger partial charge in [0.2, 0.25) is 17.4 Å². The van der Waals surface area contributed by atoms with Crippen LogP contribution in [0.2, 0.25) is 0 Å². The molecule has 0 radical (unpaired) electrons. The van der Waals surface area contributed by atoms with Crippen molar-refractivity contribution < 1.29 is 35.5 Å². The van der Waals surface area contributed by atoms with E-state index >= 15 is 0 Å². The van der Waals surface area contributed by atoms with Crippen LogP contribution in [0.1, 0.15) is 5.56 Å². The number of hydrogen-bond acceptors (Lipinski definition) is 1. The molecule has 8 heteroatoms. The van der Waals surface area contributed by atoms with Gasteiger partial charge in [0.05, 0.1) is 5.56 Å². The minimum Gasteiger partial charge on any atom is -0.399 e. The summed E-state index contributed by atoms with van der Waals surface area (Å²) in [6.45, 7) is 2.86. The highest BCUT2D eigenvalue weighted by Gasteiger charge is 2.36. The first-order valence-corrected chi connectivity index (χ1v) is 3.93. The van der Waals surface area contributed by atoms with Crippen molar-refractivity contribution in [2.24, 2.45) is 0 Å². The van der Waals surface area contributed by atoms with Gasteiger partial charge >= 0.3 is 6.36 Å². The normalized spacial score (nSPS) is 11.5. The van der Waals surface area contributed by atoms with E-state index in [0.29, 0.717) is 6.08 Å². The van der Waals surface area contributed by atoms with E-state index < -0.39 is 40.9 Å². The van der Waals surface area contributed by atoms with Gasteiger partial charge in [-0.05, 0) is 0 Å². The van der Waals surface area contributed by atoms with Crippen molar-refractivity contribution in [3.05, 3.63) is 35.4 Å². The molecular formula is C9H3F7O. The lowest BCUT2D eigenvalue weighted by Crippen LogP contribution is -2.20. The number of hydrogen-bond donors (Lipinski definition) is 0. The zero-order chi connectivity index (χ0) is 13.4. The first-order chi connectivity index (χ1) is 7.69. The third-order valence-corrected chi connectivity index (χ3v) is 1.68. The Kier molecular flexibility index (Phi) is 3.35. The molecule has 0 unspecified atom stereocenters. The van der Waals surface area contributed by atoms with Gasteiger partial charge in [0.25, 0.3) is 0 Å². The van der Waals surface area contributed by atoms with Gasteiger partial charge in [-0.1, -0.05) is 12.7 Å². The van der Waals surface area contributed by atoms with Crippen molar-refractivity contribution in [1.82, 2.24) is 0 Å². The Morgan fingerprint density at radius 2 is 1.29 bits per heavy atom. The fourth-order valence-electron chi connectivity index (χ4n) is 1.01. The fraction of sp³-hybridized carbons (Fsp3) is 0.111. The Balaban J connectivity index is 3.48. The maximum absolute atomic E-state index is 13.0. The summed E-state index contributed by atoms with van der Waals surface area (Å²) in [7, 11) is 0. The quantitative estimate of drug-likeness (QED) is 0.580. The molecule has 0 amide bonds. The molecule has 0 saturated heterocycles. The van der Waals surface area contributed by atoms with Gasteiger partial charge in [-0.2, -0.15) is 8.78 Å². The summed E-state index contributed by atoms with van der Waals surface area (Å²) < 4.78 is 89.9. The molecule has 0 N–H and O–H groups in total. The van der Waals surface area contributed by atoms with E-state index in [9.17, 15) is 30.7 Å². The lowest BCUT2D eigenvalue weighted by molar-refractivity contribution is -0.276. The molecule has 0 heterocycles. The van der Waals surface area contributed by atoms with Gasteiger partial charge in [0.1, 0.15) is 0 Å². The zero-order valence-corrected chi connectivity index (χ0v) is 7.84. The third kappa shape index (κ3) is 2.51. The summed E-state index contributed by atoms with van der Waals surface area (Å²) in [5.74, 6) is -10.8. The first kappa shape index (κ1) is 13.3. The van der Waals surface area contributed by atoms with Crippen LogP contribution >= 0.6 is 0 Å². The molecule has 0 fully saturated rings. The number of halogens is 7. The van der Waals surface area contributed by atoms with Crippen LogP contribution in [0.5, 0.6) is 5.75 Å². The molecule has 1 rings (SSSR count). The summed E-state index contributed by atoms with van der Waals surface area (Å²) in [5, 5.41) is 0. The van der Waals surface area contributed by atoms with Crippen molar-refractivity contribution in [1.29, 1.82) is 0 Å². The van der Waals surface area contributed by atoms with Crippen LogP contribution in [-0.2, 0) is 0 Å². The second-order valence-corrected chi connectivity index (χ2v) is 2.75. The predicted octanol–water partition coefficient (Wildman–Crippen LogP) is 3.78. The molecule has 1 aromatic rings. The van der Waals surface area contributed by atoms with Crippen molar-refractivity contribution in [2.75, 3.05) is 0 Å².